The third-order valence-electron chi connectivity index (χ3n) is 5.02. The fourth-order valence-electron chi connectivity index (χ4n) is 3.52. The molecule has 3 amide bonds. The van der Waals surface area contributed by atoms with Crippen LogP contribution in [0, 0.1) is 5.92 Å². The lowest BCUT2D eigenvalue weighted by atomic mass is 9.96. The summed E-state index contributed by atoms with van der Waals surface area (Å²) >= 11 is 5.90. The molecule has 7 heteroatoms. The molecule has 1 fully saturated rings. The number of carbonyl (C=O) groups excluding carboxylic acids is 3. The third kappa shape index (κ3) is 5.39. The summed E-state index contributed by atoms with van der Waals surface area (Å²) < 4.78 is 0. The fourth-order valence-corrected chi connectivity index (χ4v) is 3.64. The molecule has 1 unspecified atom stereocenters. The van der Waals surface area contributed by atoms with Crippen molar-refractivity contribution >= 4 is 35.0 Å². The molecule has 0 bridgehead atoms. The molecule has 2 aromatic rings. The van der Waals surface area contributed by atoms with Crippen molar-refractivity contribution in [2.45, 2.75) is 32.7 Å². The summed E-state index contributed by atoms with van der Waals surface area (Å²) in [7, 11) is 0. The van der Waals surface area contributed by atoms with E-state index >= 15 is 0 Å². The maximum atomic E-state index is 12.9. The van der Waals surface area contributed by atoms with Crippen molar-refractivity contribution < 1.29 is 14.4 Å². The Balaban J connectivity index is 1.68. The molecule has 30 heavy (non-hydrogen) atoms. The molecular weight excluding hydrogens is 402 g/mol. The van der Waals surface area contributed by atoms with E-state index in [2.05, 4.69) is 10.6 Å². The van der Waals surface area contributed by atoms with Crippen LogP contribution in [0.15, 0.2) is 48.5 Å². The summed E-state index contributed by atoms with van der Waals surface area (Å²) in [5, 5.41) is 6.30. The van der Waals surface area contributed by atoms with E-state index in [0.29, 0.717) is 41.3 Å². The number of halogens is 1. The maximum Gasteiger partial charge on any atom is 0.253 e. The van der Waals surface area contributed by atoms with E-state index in [4.69, 9.17) is 11.6 Å². The van der Waals surface area contributed by atoms with Gasteiger partial charge in [-0.2, -0.15) is 0 Å². The molecule has 0 saturated carbocycles. The van der Waals surface area contributed by atoms with Crippen LogP contribution in [0.5, 0.6) is 0 Å². The quantitative estimate of drug-likeness (QED) is 0.757. The van der Waals surface area contributed by atoms with Gasteiger partial charge in [0.05, 0.1) is 17.2 Å². The monoisotopic (exact) mass is 427 g/mol. The number of amides is 3. The molecule has 1 heterocycles. The minimum absolute atomic E-state index is 0.00737. The molecule has 0 aromatic heterocycles. The second-order valence-electron chi connectivity index (χ2n) is 7.76. The molecule has 1 saturated heterocycles. The van der Waals surface area contributed by atoms with Gasteiger partial charge in [0.15, 0.2) is 0 Å². The molecule has 2 aromatic carbocycles. The molecule has 1 aliphatic rings. The number of piperidine rings is 1. The Hall–Kier alpha value is -2.86. The second-order valence-corrected chi connectivity index (χ2v) is 8.20. The number of nitrogens with zero attached hydrogens (tertiary/aromatic N) is 1. The number of anilines is 1. The van der Waals surface area contributed by atoms with E-state index < -0.39 is 0 Å². The fraction of sp³-hybridized carbons (Fsp3) is 0.348. The Morgan fingerprint density at radius 1 is 1.07 bits per heavy atom. The van der Waals surface area contributed by atoms with E-state index in [1.807, 2.05) is 13.8 Å². The molecule has 0 aliphatic carbocycles. The summed E-state index contributed by atoms with van der Waals surface area (Å²) in [5.41, 5.74) is 1.45. The number of para-hydroxylation sites is 1. The Morgan fingerprint density at radius 3 is 2.47 bits per heavy atom. The third-order valence-corrected chi connectivity index (χ3v) is 5.27. The number of hydrogen-bond acceptors (Lipinski definition) is 3. The first-order valence-corrected chi connectivity index (χ1v) is 10.5. The van der Waals surface area contributed by atoms with Crippen LogP contribution in [0.4, 0.5) is 5.69 Å². The van der Waals surface area contributed by atoms with Gasteiger partial charge in [0.25, 0.3) is 11.8 Å². The predicted molar refractivity (Wildman–Crippen MR) is 118 cm³/mol. The molecule has 6 nitrogen and oxygen atoms in total. The molecular formula is C23H26ClN3O3. The van der Waals surface area contributed by atoms with Crippen LogP contribution in [0.3, 0.4) is 0 Å². The van der Waals surface area contributed by atoms with Gasteiger partial charge in [-0.15, -0.1) is 0 Å². The Kier molecular flexibility index (Phi) is 7.11. The number of benzene rings is 2. The van der Waals surface area contributed by atoms with Crippen molar-refractivity contribution in [3.63, 3.8) is 0 Å². The predicted octanol–water partition coefficient (Wildman–Crippen LogP) is 3.97. The largest absolute Gasteiger partial charge is 0.350 e. The first-order chi connectivity index (χ1) is 14.3. The average Bonchev–Trinajstić information content (AvgIpc) is 2.73. The van der Waals surface area contributed by atoms with E-state index in [9.17, 15) is 14.4 Å². The minimum Gasteiger partial charge on any atom is -0.350 e. The number of hydrogen-bond donors (Lipinski definition) is 2. The van der Waals surface area contributed by atoms with Crippen LogP contribution in [-0.4, -0.2) is 41.8 Å². The highest BCUT2D eigenvalue weighted by atomic mass is 35.5. The molecule has 1 aliphatic heterocycles. The van der Waals surface area contributed by atoms with Crippen LogP contribution >= 0.6 is 11.6 Å². The van der Waals surface area contributed by atoms with Crippen molar-refractivity contribution in [2.75, 3.05) is 18.4 Å². The number of rotatable bonds is 5. The first kappa shape index (κ1) is 21.8. The zero-order chi connectivity index (χ0) is 21.7. The number of likely N-dealkylation sites (tertiary alicyclic amines) is 1. The average molecular weight is 428 g/mol. The van der Waals surface area contributed by atoms with Crippen molar-refractivity contribution in [3.8, 4) is 0 Å². The lowest BCUT2D eigenvalue weighted by Gasteiger charge is -2.32. The zero-order valence-electron chi connectivity index (χ0n) is 17.2. The van der Waals surface area contributed by atoms with Crippen LogP contribution in [-0.2, 0) is 4.79 Å². The zero-order valence-corrected chi connectivity index (χ0v) is 17.9. The SMILES string of the molecule is CC(C)NC(=O)c1ccccc1NC(=O)C1CCCN(C(=O)c2ccc(Cl)cc2)C1. The van der Waals surface area contributed by atoms with E-state index in [1.54, 1.807) is 53.4 Å². The van der Waals surface area contributed by atoms with Gasteiger partial charge in [0, 0.05) is 29.7 Å². The second kappa shape index (κ2) is 9.76. The van der Waals surface area contributed by atoms with Crippen molar-refractivity contribution in [2.24, 2.45) is 5.92 Å². The van der Waals surface area contributed by atoms with Crippen LogP contribution in [0.1, 0.15) is 47.4 Å². The van der Waals surface area contributed by atoms with Crippen LogP contribution in [0.2, 0.25) is 5.02 Å². The summed E-state index contributed by atoms with van der Waals surface area (Å²) in [4.78, 5) is 39.8. The van der Waals surface area contributed by atoms with E-state index in [0.717, 1.165) is 6.42 Å². The van der Waals surface area contributed by atoms with E-state index in [-0.39, 0.29) is 29.7 Å². The van der Waals surface area contributed by atoms with Gasteiger partial charge in [0.2, 0.25) is 5.91 Å². The maximum absolute atomic E-state index is 12.9. The normalized spacial score (nSPS) is 16.3. The highest BCUT2D eigenvalue weighted by Gasteiger charge is 2.29. The van der Waals surface area contributed by atoms with Gasteiger partial charge in [-0.05, 0) is 63.1 Å². The summed E-state index contributed by atoms with van der Waals surface area (Å²) in [6.07, 6.45) is 1.43. The molecule has 0 radical (unpaired) electrons. The van der Waals surface area contributed by atoms with E-state index in [1.165, 1.54) is 0 Å². The highest BCUT2D eigenvalue weighted by Crippen LogP contribution is 2.23. The van der Waals surface area contributed by atoms with Crippen molar-refractivity contribution in [3.05, 3.63) is 64.7 Å². The van der Waals surface area contributed by atoms with Gasteiger partial charge in [-0.1, -0.05) is 23.7 Å². The van der Waals surface area contributed by atoms with Gasteiger partial charge >= 0.3 is 0 Å². The highest BCUT2D eigenvalue weighted by molar-refractivity contribution is 6.30. The molecule has 2 N–H and O–H groups in total. The van der Waals surface area contributed by atoms with Crippen molar-refractivity contribution in [1.82, 2.24) is 10.2 Å². The Labute approximate surface area is 181 Å². The van der Waals surface area contributed by atoms with Gasteiger partial charge in [0.1, 0.15) is 0 Å². The summed E-state index contributed by atoms with van der Waals surface area (Å²) in [5.74, 6) is -0.866. The molecule has 1 atom stereocenters. The number of nitrogens with one attached hydrogen (secondary N) is 2. The Bertz CT molecular complexity index is 928. The van der Waals surface area contributed by atoms with Crippen LogP contribution in [0.25, 0.3) is 0 Å². The van der Waals surface area contributed by atoms with Crippen LogP contribution < -0.4 is 10.6 Å². The summed E-state index contributed by atoms with van der Waals surface area (Å²) in [6.45, 7) is 4.72. The topological polar surface area (TPSA) is 78.5 Å². The lowest BCUT2D eigenvalue weighted by Crippen LogP contribution is -2.44. The molecule has 158 valence electrons. The number of carbonyl (C=O) groups is 3. The summed E-state index contributed by atoms with van der Waals surface area (Å²) in [6, 6.07) is 13.7. The van der Waals surface area contributed by atoms with Gasteiger partial charge < -0.3 is 15.5 Å². The first-order valence-electron chi connectivity index (χ1n) is 10.1. The van der Waals surface area contributed by atoms with Gasteiger partial charge in [-0.3, -0.25) is 14.4 Å². The van der Waals surface area contributed by atoms with Gasteiger partial charge in [-0.25, -0.2) is 0 Å². The molecule has 3 rings (SSSR count). The smallest absolute Gasteiger partial charge is 0.253 e. The Morgan fingerprint density at radius 2 is 1.77 bits per heavy atom. The minimum atomic E-state index is -0.337. The standard InChI is InChI=1S/C23H26ClN3O3/c1-15(2)25-22(29)19-7-3-4-8-20(19)26-21(28)17-6-5-13-27(14-17)23(30)16-9-11-18(24)12-10-16/h3-4,7-12,15,17H,5-6,13-14H2,1-2H3,(H,25,29)(H,26,28). The molecule has 0 spiro atoms. The van der Waals surface area contributed by atoms with Crippen molar-refractivity contribution in [1.29, 1.82) is 0 Å². The lowest BCUT2D eigenvalue weighted by molar-refractivity contribution is -0.121.